The number of sulfone groups is 1. The second-order valence-corrected chi connectivity index (χ2v) is 29.0. The van der Waals surface area contributed by atoms with Gasteiger partial charge < -0.3 is 34.7 Å². The summed E-state index contributed by atoms with van der Waals surface area (Å²) < 4.78 is 149. The van der Waals surface area contributed by atoms with E-state index in [1.165, 1.54) is 63.8 Å². The van der Waals surface area contributed by atoms with Crippen molar-refractivity contribution < 1.29 is 67.4 Å². The number of aryl methyl sites for hydroxylation is 3. The Morgan fingerprint density at radius 2 is 0.960 bits per heavy atom. The number of ether oxygens (including phenoxy) is 3. The number of nitrogen functional groups attached to an aromatic ring is 1. The van der Waals surface area contributed by atoms with Gasteiger partial charge in [-0.05, 0) is 138 Å². The molecule has 0 aliphatic carbocycles. The van der Waals surface area contributed by atoms with Crippen LogP contribution < -0.4 is 46.5 Å². The number of aromatic nitrogens is 5. The Morgan fingerprint density at radius 3 is 1.38 bits per heavy atom. The van der Waals surface area contributed by atoms with Crippen LogP contribution in [0.5, 0.6) is 17.2 Å². The summed E-state index contributed by atoms with van der Waals surface area (Å²) in [5.41, 5.74) is 12.7. The molecule has 24 nitrogen and oxygen atoms in total. The molecule has 11 rings (SSSR count). The summed E-state index contributed by atoms with van der Waals surface area (Å²) in [5.74, 6) is 6.26. The van der Waals surface area contributed by atoms with Crippen LogP contribution in [-0.2, 0) is 44.9 Å². The first-order valence-corrected chi connectivity index (χ1v) is 35.1. The third kappa shape index (κ3) is 19.5. The van der Waals surface area contributed by atoms with E-state index in [0.717, 1.165) is 58.0 Å². The third-order valence-electron chi connectivity index (χ3n) is 15.3. The number of hydrogen-bond acceptors (Lipinski definition) is 20. The lowest BCUT2D eigenvalue weighted by atomic mass is 9.79. The Morgan fingerprint density at radius 1 is 0.564 bits per heavy atom. The van der Waals surface area contributed by atoms with Crippen LogP contribution in [0, 0.1) is 60.9 Å². The van der Waals surface area contributed by atoms with Crippen LogP contribution in [0.4, 0.5) is 30.4 Å². The zero-order valence-corrected chi connectivity index (χ0v) is 60.3. The van der Waals surface area contributed by atoms with Gasteiger partial charge in [0.15, 0.2) is 15.7 Å². The molecule has 1 aliphatic heterocycles. The van der Waals surface area contributed by atoms with Gasteiger partial charge in [-0.25, -0.2) is 43.4 Å². The maximum Gasteiger partial charge on any atom is 0.494 e. The SMILES string of the molecule is COc1ccc(F)c(S(=O)(=O)Cc2ccc(B3OC(C)(C)C(C)(C)O3)cc2)c1.COc1ccc(F)c(S(=O)(=O)Nc2ccc(-c3cc(Cl)c(C#N)c(C)n3)cc2)c1.COc1ccc(F)c(S(=O)(=O)Nc2ccc(-c3cc4[nH]nc(N)c4c(C)n3)cc2)c1.Cc1nc(Cl)cc(Cl)c1C#N.NN.O. The molecule has 6 aromatic carbocycles. The number of anilines is 3. The number of nitriles is 2. The predicted octanol–water partition coefficient (Wildman–Crippen LogP) is 11.7. The number of benzene rings is 6. The highest BCUT2D eigenvalue weighted by Crippen LogP contribution is 2.37. The fraction of sp³-hybridized carbons (Fsp3) is 0.194. The van der Waals surface area contributed by atoms with Gasteiger partial charge in [0.25, 0.3) is 20.0 Å². The van der Waals surface area contributed by atoms with Crippen molar-refractivity contribution in [2.75, 3.05) is 36.5 Å². The van der Waals surface area contributed by atoms with Gasteiger partial charge in [-0.3, -0.25) is 36.2 Å². The van der Waals surface area contributed by atoms with Crippen LogP contribution in [0.25, 0.3) is 33.4 Å². The third-order valence-corrected chi connectivity index (χ3v) is 20.6. The van der Waals surface area contributed by atoms with Gasteiger partial charge in [-0.2, -0.15) is 15.6 Å². The van der Waals surface area contributed by atoms with Gasteiger partial charge in [0.1, 0.15) is 66.7 Å². The Kier molecular flexibility index (Phi) is 26.8. The summed E-state index contributed by atoms with van der Waals surface area (Å²) in [6, 6.07) is 39.3. The van der Waals surface area contributed by atoms with E-state index in [-0.39, 0.29) is 49.8 Å². The van der Waals surface area contributed by atoms with Crippen molar-refractivity contribution in [2.45, 2.75) is 80.1 Å². The number of nitrogens with one attached hydrogen (secondary N) is 3. The van der Waals surface area contributed by atoms with Crippen LogP contribution in [0.15, 0.2) is 160 Å². The zero-order valence-electron chi connectivity index (χ0n) is 55.5. The van der Waals surface area contributed by atoms with Crippen molar-refractivity contribution >= 4 is 105 Å². The van der Waals surface area contributed by atoms with E-state index >= 15 is 0 Å². The number of hydrogen-bond donors (Lipinski definition) is 6. The van der Waals surface area contributed by atoms with Gasteiger partial charge in [0.2, 0.25) is 0 Å². The van der Waals surface area contributed by atoms with Crippen LogP contribution in [0.3, 0.4) is 0 Å². The number of nitrogens with zero attached hydrogens (tertiary/aromatic N) is 6. The second-order valence-electron chi connectivity index (χ2n) is 22.5. The number of methoxy groups -OCH3 is 3. The van der Waals surface area contributed by atoms with Crippen molar-refractivity contribution in [1.82, 2.24) is 25.1 Å². The number of nitrogens with two attached hydrogens (primary N) is 3. The highest BCUT2D eigenvalue weighted by molar-refractivity contribution is 7.93. The molecular formula is C67H67BCl3F3N12O12S3. The summed E-state index contributed by atoms with van der Waals surface area (Å²) >= 11 is 17.4. The van der Waals surface area contributed by atoms with E-state index in [9.17, 15) is 38.4 Å². The van der Waals surface area contributed by atoms with Crippen molar-refractivity contribution in [3.05, 3.63) is 212 Å². The summed E-state index contributed by atoms with van der Waals surface area (Å²) in [6.07, 6.45) is 0. The lowest BCUT2D eigenvalue weighted by Crippen LogP contribution is -2.41. The van der Waals surface area contributed by atoms with Gasteiger partial charge in [-0.1, -0.05) is 83.3 Å². The quantitative estimate of drug-likeness (QED) is 0.0240. The summed E-state index contributed by atoms with van der Waals surface area (Å²) in [4.78, 5) is 11.4. The molecule has 11 N–H and O–H groups in total. The average Bonchev–Trinajstić information content (AvgIpc) is 1.68. The minimum absolute atomic E-state index is 0. The number of halogens is 6. The molecule has 5 heterocycles. The molecule has 0 bridgehead atoms. The molecule has 1 saturated heterocycles. The molecule has 1 aliphatic rings. The lowest BCUT2D eigenvalue weighted by Gasteiger charge is -2.32. The van der Waals surface area contributed by atoms with E-state index in [2.05, 4.69) is 46.3 Å². The Labute approximate surface area is 596 Å². The molecule has 0 unspecified atom stereocenters. The maximum absolute atomic E-state index is 14.1. The van der Waals surface area contributed by atoms with Crippen molar-refractivity contribution in [3.63, 3.8) is 0 Å². The van der Waals surface area contributed by atoms with E-state index in [4.69, 9.17) is 74.6 Å². The first-order chi connectivity index (χ1) is 47.1. The van der Waals surface area contributed by atoms with Gasteiger partial charge in [-0.15, -0.1) is 0 Å². The standard InChI is InChI=1S/C20H24BFO5S.C20H15ClFN3O3S.C20H18FN5O3S.C7H4Cl2N2.H4N2.H2O/c1-19(2)20(3,4)27-21(26-19)15-8-6-14(7-9-15)13-28(23,24)18-12-16(25-5)10-11-17(18)22;1-12-16(11-23)17(21)10-19(24-12)13-3-5-14(6-4-13)25-29(26,27)20-9-15(28-2)7-8-18(20)22;1-11-19-17(24-25-20(19)22)10-16(23-11)12-3-5-13(6-4-12)26-30(27,28)18-9-14(29-2)7-8-15(18)21;1-4-5(3-10)6(8)2-7(9)11-4;1-2;/h6-12H,13H2,1-5H3;3-10,25H,1-2H3;3-10,26H,1-2H3,(H3,22,24,25);2H,1H3;1-2H2;1H2. The van der Waals surface area contributed by atoms with E-state index < -0.39 is 75.4 Å². The van der Waals surface area contributed by atoms with Crippen molar-refractivity contribution in [2.24, 2.45) is 11.7 Å². The molecule has 4 aromatic heterocycles. The Balaban J connectivity index is 0.000000218. The lowest BCUT2D eigenvalue weighted by molar-refractivity contribution is 0.00578. The Bertz CT molecular complexity index is 5040. The normalized spacial score (nSPS) is 12.7. The molecule has 0 amide bonds. The molecule has 101 heavy (non-hydrogen) atoms. The number of fused-ring (bicyclic) bond motifs is 1. The monoisotopic (exact) mass is 1500 g/mol. The smallest absolute Gasteiger partial charge is 0.494 e. The highest BCUT2D eigenvalue weighted by atomic mass is 35.5. The van der Waals surface area contributed by atoms with Crippen molar-refractivity contribution in [3.8, 4) is 51.9 Å². The van der Waals surface area contributed by atoms with Crippen LogP contribution in [-0.4, -0.2) is 95.5 Å². The zero-order chi connectivity index (χ0) is 73.8. The number of pyridine rings is 3. The molecule has 0 saturated carbocycles. The largest absolute Gasteiger partial charge is 0.497 e. The number of sulfonamides is 2. The molecule has 0 radical (unpaired) electrons. The minimum atomic E-state index is -4.15. The molecule has 34 heteroatoms. The van der Waals surface area contributed by atoms with Gasteiger partial charge >= 0.3 is 7.12 Å². The average molecular weight is 1500 g/mol. The highest BCUT2D eigenvalue weighted by Gasteiger charge is 2.51. The second kappa shape index (κ2) is 33.7. The molecule has 10 aromatic rings. The summed E-state index contributed by atoms with van der Waals surface area (Å²) in [6.45, 7) is 13.1. The van der Waals surface area contributed by atoms with Crippen LogP contribution >= 0.6 is 34.8 Å². The van der Waals surface area contributed by atoms with Crippen LogP contribution in [0.1, 0.15) is 61.5 Å². The molecular weight excluding hydrogens is 1440 g/mol. The molecule has 530 valence electrons. The predicted molar refractivity (Wildman–Crippen MR) is 382 cm³/mol. The fourth-order valence-corrected chi connectivity index (χ4v) is 14.0. The molecule has 1 fully saturated rings. The molecule has 0 atom stereocenters. The first-order valence-electron chi connectivity index (χ1n) is 29.3. The Hall–Kier alpha value is -9.61. The number of aromatic amines is 1. The maximum atomic E-state index is 14.1. The summed E-state index contributed by atoms with van der Waals surface area (Å²) in [7, 11) is -8.54. The topological polar surface area (TPSA) is 397 Å². The first kappa shape index (κ1) is 80.4. The van der Waals surface area contributed by atoms with Gasteiger partial charge in [0, 0.05) is 40.7 Å². The van der Waals surface area contributed by atoms with E-state index in [1.54, 1.807) is 80.6 Å². The number of hydrazine groups is 1. The number of H-pyrrole nitrogens is 1. The minimum Gasteiger partial charge on any atom is -0.497 e. The summed E-state index contributed by atoms with van der Waals surface area (Å²) in [5, 5.41) is 26.2. The fourth-order valence-electron chi connectivity index (χ4n) is 9.42. The van der Waals surface area contributed by atoms with E-state index in [0.29, 0.717) is 61.0 Å². The van der Waals surface area contributed by atoms with Gasteiger partial charge in [0.05, 0.1) is 98.8 Å². The van der Waals surface area contributed by atoms with Crippen molar-refractivity contribution in [1.29, 1.82) is 10.5 Å². The van der Waals surface area contributed by atoms with E-state index in [1.807, 2.05) is 52.8 Å². The van der Waals surface area contributed by atoms with Crippen LogP contribution in [0.2, 0.25) is 15.2 Å². The number of rotatable bonds is 15. The molecule has 0 spiro atoms.